The second-order valence-electron chi connectivity index (χ2n) is 13.6. The molecule has 3 amide bonds. The Morgan fingerprint density at radius 1 is 0.939 bits per heavy atom. The number of rotatable bonds is 5. The highest BCUT2D eigenvalue weighted by molar-refractivity contribution is 6.06. The van der Waals surface area contributed by atoms with Gasteiger partial charge in [-0.1, -0.05) is 98.8 Å². The van der Waals surface area contributed by atoms with E-state index in [0.29, 0.717) is 12.1 Å². The molecule has 4 heterocycles. The molecule has 10 nitrogen and oxygen atoms in total. The smallest absolute Gasteiger partial charge is 0.306 e. The molecule has 3 aromatic rings. The number of benzene rings is 3. The molecule has 0 unspecified atom stereocenters. The van der Waals surface area contributed by atoms with Crippen LogP contribution in [-0.2, 0) is 28.7 Å². The van der Waals surface area contributed by atoms with Gasteiger partial charge in [0.15, 0.2) is 0 Å². The van der Waals surface area contributed by atoms with E-state index in [0.717, 1.165) is 16.3 Å². The number of esters is 1. The minimum atomic E-state index is -1.43. The Morgan fingerprint density at radius 3 is 2.45 bits per heavy atom. The van der Waals surface area contributed by atoms with Crippen molar-refractivity contribution in [3.8, 4) is 0 Å². The van der Waals surface area contributed by atoms with E-state index in [1.165, 1.54) is 4.90 Å². The largest absolute Gasteiger partial charge is 0.463 e. The number of amides is 3. The summed E-state index contributed by atoms with van der Waals surface area (Å²) in [4.78, 5) is 60.0. The molecule has 254 valence electrons. The molecule has 2 saturated heterocycles. The van der Waals surface area contributed by atoms with E-state index < -0.39 is 59.5 Å². The van der Waals surface area contributed by atoms with Gasteiger partial charge in [-0.05, 0) is 40.8 Å². The lowest BCUT2D eigenvalue weighted by Gasteiger charge is -2.40. The van der Waals surface area contributed by atoms with Gasteiger partial charge in [0, 0.05) is 18.7 Å². The lowest BCUT2D eigenvalue weighted by Crippen LogP contribution is -2.59. The second-order valence-corrected chi connectivity index (χ2v) is 13.6. The van der Waals surface area contributed by atoms with Crippen molar-refractivity contribution in [2.24, 2.45) is 17.8 Å². The molecule has 7 atom stereocenters. The quantitative estimate of drug-likeness (QED) is 0.311. The number of hydrogen-bond acceptors (Lipinski definition) is 7. The van der Waals surface area contributed by atoms with Crippen molar-refractivity contribution in [1.29, 1.82) is 0 Å². The van der Waals surface area contributed by atoms with Crippen molar-refractivity contribution in [1.82, 2.24) is 10.2 Å². The van der Waals surface area contributed by atoms with Crippen molar-refractivity contribution in [2.75, 3.05) is 24.7 Å². The van der Waals surface area contributed by atoms with Crippen LogP contribution in [0.15, 0.2) is 97.1 Å². The number of aliphatic hydroxyl groups excluding tert-OH is 1. The Morgan fingerprint density at radius 2 is 1.69 bits per heavy atom. The molecule has 5 bridgehead atoms. The van der Waals surface area contributed by atoms with Crippen molar-refractivity contribution in [3.05, 3.63) is 103 Å². The third-order valence-corrected chi connectivity index (χ3v) is 10.4. The van der Waals surface area contributed by atoms with Gasteiger partial charge in [-0.15, -0.1) is 0 Å². The number of aliphatic hydroxyl groups is 1. The zero-order chi connectivity index (χ0) is 34.3. The number of allylic oxidation sites excluding steroid dienone is 1. The van der Waals surface area contributed by atoms with Crippen LogP contribution in [0.1, 0.15) is 38.3 Å². The van der Waals surface area contributed by atoms with Gasteiger partial charge >= 0.3 is 5.97 Å². The third kappa shape index (κ3) is 5.72. The molecule has 2 fully saturated rings. The van der Waals surface area contributed by atoms with Crippen LogP contribution in [0.4, 0.5) is 5.69 Å². The second kappa shape index (κ2) is 13.2. The maximum Gasteiger partial charge on any atom is 0.306 e. The maximum absolute atomic E-state index is 15.2. The van der Waals surface area contributed by atoms with Crippen LogP contribution in [0.25, 0.3) is 10.8 Å². The van der Waals surface area contributed by atoms with Gasteiger partial charge in [-0.25, -0.2) is 0 Å². The van der Waals surface area contributed by atoms with E-state index in [1.807, 2.05) is 98.8 Å². The molecule has 3 aromatic carbocycles. The van der Waals surface area contributed by atoms with Crippen LogP contribution in [0.5, 0.6) is 0 Å². The summed E-state index contributed by atoms with van der Waals surface area (Å²) >= 11 is 0. The minimum Gasteiger partial charge on any atom is -0.463 e. The van der Waals surface area contributed by atoms with Crippen molar-refractivity contribution in [3.63, 3.8) is 0 Å². The number of carbonyl (C=O) groups is 4. The molecule has 7 rings (SSSR count). The van der Waals surface area contributed by atoms with Gasteiger partial charge in [-0.2, -0.15) is 0 Å². The van der Waals surface area contributed by atoms with Crippen LogP contribution < -0.4 is 10.2 Å². The highest BCUT2D eigenvalue weighted by Gasteiger charge is 2.74. The van der Waals surface area contributed by atoms with E-state index in [4.69, 9.17) is 9.47 Å². The highest BCUT2D eigenvalue weighted by Crippen LogP contribution is 2.56. The van der Waals surface area contributed by atoms with Crippen LogP contribution in [0.3, 0.4) is 0 Å². The first-order chi connectivity index (χ1) is 23.7. The Hall–Kier alpha value is -4.80. The first kappa shape index (κ1) is 32.7. The molecule has 4 aliphatic heterocycles. The van der Waals surface area contributed by atoms with Gasteiger partial charge < -0.3 is 29.7 Å². The van der Waals surface area contributed by atoms with Gasteiger partial charge in [0.2, 0.25) is 11.8 Å². The fourth-order valence-corrected chi connectivity index (χ4v) is 7.90. The molecule has 0 radical (unpaired) electrons. The molecule has 49 heavy (non-hydrogen) atoms. The fraction of sp³-hybridized carbons (Fsp3) is 0.385. The molecule has 1 spiro atoms. The average molecular weight is 664 g/mol. The predicted octanol–water partition coefficient (Wildman–Crippen LogP) is 4.09. The summed E-state index contributed by atoms with van der Waals surface area (Å²) in [6.07, 6.45) is 6.99. The van der Waals surface area contributed by atoms with Gasteiger partial charge in [0.05, 0.1) is 36.6 Å². The molecule has 10 heteroatoms. The zero-order valence-electron chi connectivity index (χ0n) is 27.6. The van der Waals surface area contributed by atoms with Crippen LogP contribution in [0, 0.1) is 17.8 Å². The summed E-state index contributed by atoms with van der Waals surface area (Å²) in [5.74, 6) is -3.79. The number of nitrogens with one attached hydrogen (secondary N) is 1. The van der Waals surface area contributed by atoms with Gasteiger partial charge in [0.25, 0.3) is 5.91 Å². The molecular weight excluding hydrogens is 622 g/mol. The van der Waals surface area contributed by atoms with Crippen LogP contribution >= 0.6 is 0 Å². The molecule has 0 aromatic heterocycles. The molecular formula is C39H41N3O7. The topological polar surface area (TPSA) is 125 Å². The molecule has 0 aliphatic carbocycles. The number of fused-ring (bicyclic) bond motifs is 3. The first-order valence-corrected chi connectivity index (χ1v) is 17.0. The SMILES string of the molecule is CC(C)[C@H](CO)N1C(=O)[C@@H]2[C@H]3C(=O)N[C@@H](c4ccccc4)COC(=O)CC/C=C\CN(c4ccc5ccccc5c4)C(=O)[C@@H]1[C@]21C=C[C@H]3O1. The number of ether oxygens (including phenoxy) is 2. The van der Waals surface area contributed by atoms with E-state index >= 15 is 4.79 Å². The third-order valence-electron chi connectivity index (χ3n) is 10.4. The summed E-state index contributed by atoms with van der Waals surface area (Å²) in [5.41, 5.74) is -0.0566. The summed E-state index contributed by atoms with van der Waals surface area (Å²) in [6.45, 7) is 3.50. The molecule has 0 saturated carbocycles. The van der Waals surface area contributed by atoms with E-state index in [9.17, 15) is 19.5 Å². The van der Waals surface area contributed by atoms with Gasteiger partial charge in [-0.3, -0.25) is 19.2 Å². The minimum absolute atomic E-state index is 0.0843. The summed E-state index contributed by atoms with van der Waals surface area (Å²) in [6, 6.07) is 20.3. The zero-order valence-corrected chi connectivity index (χ0v) is 27.6. The first-order valence-electron chi connectivity index (χ1n) is 17.0. The molecule has 4 aliphatic rings. The average Bonchev–Trinajstić information content (AvgIpc) is 3.75. The fourth-order valence-electron chi connectivity index (χ4n) is 7.90. The number of carbonyl (C=O) groups excluding carboxylic acids is 4. The standard InChI is InChI=1S/C39H41N3O7/c1-24(2)30(22-43)42-35-38(47)41(28-17-16-25-11-8-9-14-27(25)21-28)20-10-4-7-15-32(44)48-23-29(26-12-5-3-6-13-26)40-36(45)33-31-18-19-39(35,49-31)34(33)37(42)46/h3-6,8-14,16-19,21,24,29-31,33-35,43H,7,15,20,22-23H2,1-2H3,(H,40,45)/b10-4-/t29-,30+,31-,33+,34+,35-,39+/m1/s1. The number of hydrogen-bond donors (Lipinski definition) is 2. The van der Waals surface area contributed by atoms with E-state index in [-0.39, 0.29) is 38.0 Å². The Balaban J connectivity index is 1.35. The Bertz CT molecular complexity index is 1820. The van der Waals surface area contributed by atoms with Gasteiger partial charge in [0.1, 0.15) is 18.2 Å². The Labute approximate surface area is 285 Å². The van der Waals surface area contributed by atoms with Crippen molar-refractivity contribution < 1.29 is 33.8 Å². The van der Waals surface area contributed by atoms with E-state index in [1.54, 1.807) is 17.1 Å². The maximum atomic E-state index is 15.2. The predicted molar refractivity (Wildman–Crippen MR) is 183 cm³/mol. The van der Waals surface area contributed by atoms with E-state index in [2.05, 4.69) is 5.32 Å². The Kier molecular flexibility index (Phi) is 8.85. The van der Waals surface area contributed by atoms with Crippen LogP contribution in [-0.4, -0.2) is 77.2 Å². The monoisotopic (exact) mass is 663 g/mol. The lowest BCUT2D eigenvalue weighted by molar-refractivity contribution is -0.147. The number of nitrogens with zero attached hydrogens (tertiary/aromatic N) is 2. The number of likely N-dealkylation sites (tertiary alicyclic amines) is 1. The number of cyclic esters (lactones) is 1. The summed E-state index contributed by atoms with van der Waals surface area (Å²) < 4.78 is 12.3. The number of anilines is 1. The van der Waals surface area contributed by atoms with Crippen molar-refractivity contribution >= 4 is 40.2 Å². The summed E-state index contributed by atoms with van der Waals surface area (Å²) in [7, 11) is 0. The lowest BCUT2D eigenvalue weighted by atomic mass is 9.74. The molecule has 2 N–H and O–H groups in total. The normalized spacial score (nSPS) is 30.1. The van der Waals surface area contributed by atoms with Crippen LogP contribution in [0.2, 0.25) is 0 Å². The van der Waals surface area contributed by atoms with Crippen molar-refractivity contribution in [2.45, 2.75) is 56.5 Å². The summed E-state index contributed by atoms with van der Waals surface area (Å²) in [5, 5.41) is 15.6. The highest BCUT2D eigenvalue weighted by atomic mass is 16.5.